The van der Waals surface area contributed by atoms with E-state index in [0.29, 0.717) is 23.4 Å². The van der Waals surface area contributed by atoms with Crippen LogP contribution in [0, 0.1) is 0 Å². The molecule has 0 unspecified atom stereocenters. The van der Waals surface area contributed by atoms with Crippen molar-refractivity contribution in [2.75, 3.05) is 5.32 Å². The molecule has 3 rings (SSSR count). The zero-order chi connectivity index (χ0) is 19.9. The lowest BCUT2D eigenvalue weighted by Gasteiger charge is -2.08. The lowest BCUT2D eigenvalue weighted by molar-refractivity contribution is 0.0945. The van der Waals surface area contributed by atoms with Gasteiger partial charge in [-0.3, -0.25) is 24.4 Å². The average molecular weight is 374 g/mol. The number of nitrogens with zero attached hydrogens (tertiary/aromatic N) is 2. The van der Waals surface area contributed by atoms with Crippen LogP contribution in [0.4, 0.5) is 5.69 Å². The Kier molecular flexibility index (Phi) is 5.86. The van der Waals surface area contributed by atoms with Gasteiger partial charge >= 0.3 is 0 Å². The molecule has 2 amide bonds. The van der Waals surface area contributed by atoms with Gasteiger partial charge in [0.2, 0.25) is 0 Å². The van der Waals surface area contributed by atoms with Gasteiger partial charge in [-0.05, 0) is 61.0 Å². The van der Waals surface area contributed by atoms with Crippen LogP contribution in [0.2, 0.25) is 0 Å². The predicted octanol–water partition coefficient (Wildman–Crippen LogP) is 2.86. The van der Waals surface area contributed by atoms with Gasteiger partial charge in [-0.2, -0.15) is 0 Å². The topological polar surface area (TPSA) is 101 Å². The van der Waals surface area contributed by atoms with Gasteiger partial charge in [0, 0.05) is 41.9 Å². The molecule has 7 nitrogen and oxygen atoms in total. The number of amides is 2. The van der Waals surface area contributed by atoms with E-state index in [4.69, 9.17) is 0 Å². The van der Waals surface area contributed by atoms with Crippen LogP contribution in [0.1, 0.15) is 43.7 Å². The molecule has 0 fully saturated rings. The van der Waals surface area contributed by atoms with Crippen molar-refractivity contribution in [3.8, 4) is 0 Å². The summed E-state index contributed by atoms with van der Waals surface area (Å²) in [5.74, 6) is -0.798. The zero-order valence-electron chi connectivity index (χ0n) is 15.2. The van der Waals surface area contributed by atoms with Gasteiger partial charge in [0.05, 0.1) is 0 Å². The number of pyridine rings is 2. The number of rotatable bonds is 6. The maximum absolute atomic E-state index is 12.4. The first kappa shape index (κ1) is 18.9. The van der Waals surface area contributed by atoms with Crippen LogP contribution in [-0.2, 0) is 6.54 Å². The van der Waals surface area contributed by atoms with Gasteiger partial charge in [0.1, 0.15) is 5.69 Å². The second-order valence-electron chi connectivity index (χ2n) is 6.06. The number of benzene rings is 1. The zero-order valence-corrected chi connectivity index (χ0v) is 15.2. The van der Waals surface area contributed by atoms with E-state index in [1.165, 1.54) is 25.3 Å². The summed E-state index contributed by atoms with van der Waals surface area (Å²) >= 11 is 0. The van der Waals surface area contributed by atoms with Crippen LogP contribution in [0.5, 0.6) is 0 Å². The largest absolute Gasteiger partial charge is 0.347 e. The van der Waals surface area contributed by atoms with E-state index >= 15 is 0 Å². The summed E-state index contributed by atoms with van der Waals surface area (Å²) in [5.41, 5.74) is 2.48. The molecule has 140 valence electrons. The highest BCUT2D eigenvalue weighted by Crippen LogP contribution is 2.12. The first-order valence-electron chi connectivity index (χ1n) is 8.58. The number of aromatic nitrogens is 2. The van der Waals surface area contributed by atoms with Gasteiger partial charge < -0.3 is 10.6 Å². The molecule has 2 aromatic heterocycles. The third kappa shape index (κ3) is 4.85. The Labute approximate surface area is 161 Å². The molecule has 0 saturated heterocycles. The van der Waals surface area contributed by atoms with Crippen molar-refractivity contribution in [3.05, 3.63) is 89.5 Å². The molecule has 3 aromatic rings. The Morgan fingerprint density at radius 1 is 0.857 bits per heavy atom. The standard InChI is InChI=1S/C21H18N4O3/c1-14(26)16-2-4-18(5-3-16)25-20(27)17-8-11-23-19(12-17)21(28)24-13-15-6-9-22-10-7-15/h2-12H,13H2,1H3,(H,24,28)(H,25,27). The molecule has 0 aliphatic carbocycles. The van der Waals surface area contributed by atoms with Crippen LogP contribution in [0.25, 0.3) is 0 Å². The molecule has 2 heterocycles. The predicted molar refractivity (Wildman–Crippen MR) is 104 cm³/mol. The van der Waals surface area contributed by atoms with E-state index in [-0.39, 0.29) is 23.3 Å². The molecule has 0 saturated carbocycles. The van der Waals surface area contributed by atoms with Crippen molar-refractivity contribution in [1.82, 2.24) is 15.3 Å². The smallest absolute Gasteiger partial charge is 0.270 e. The minimum Gasteiger partial charge on any atom is -0.347 e. The first-order chi connectivity index (χ1) is 13.5. The molecule has 0 bridgehead atoms. The van der Waals surface area contributed by atoms with Crippen molar-refractivity contribution in [1.29, 1.82) is 0 Å². The number of anilines is 1. The first-order valence-corrected chi connectivity index (χ1v) is 8.58. The maximum Gasteiger partial charge on any atom is 0.270 e. The molecule has 0 radical (unpaired) electrons. The van der Waals surface area contributed by atoms with E-state index in [2.05, 4.69) is 20.6 Å². The summed E-state index contributed by atoms with van der Waals surface area (Å²) in [6.07, 6.45) is 4.70. The lowest BCUT2D eigenvalue weighted by Crippen LogP contribution is -2.24. The van der Waals surface area contributed by atoms with Crippen molar-refractivity contribution < 1.29 is 14.4 Å². The molecule has 0 aliphatic heterocycles. The molecule has 7 heteroatoms. The number of hydrogen-bond donors (Lipinski definition) is 2. The van der Waals surface area contributed by atoms with Gasteiger partial charge in [-0.1, -0.05) is 0 Å². The van der Waals surface area contributed by atoms with Crippen molar-refractivity contribution in [3.63, 3.8) is 0 Å². The van der Waals surface area contributed by atoms with Crippen LogP contribution < -0.4 is 10.6 Å². The molecule has 0 atom stereocenters. The van der Waals surface area contributed by atoms with E-state index in [9.17, 15) is 14.4 Å². The third-order valence-electron chi connectivity index (χ3n) is 4.01. The molecular weight excluding hydrogens is 356 g/mol. The number of nitrogens with one attached hydrogen (secondary N) is 2. The molecule has 0 spiro atoms. The number of Topliss-reactive ketones (excluding diaryl/α,β-unsaturated/α-hetero) is 1. The SMILES string of the molecule is CC(=O)c1ccc(NC(=O)c2ccnc(C(=O)NCc3ccncc3)c2)cc1. The van der Waals surface area contributed by atoms with Gasteiger partial charge in [-0.15, -0.1) is 0 Å². The van der Waals surface area contributed by atoms with Gasteiger partial charge in [0.25, 0.3) is 11.8 Å². The Hall–Kier alpha value is -3.87. The molecule has 1 aromatic carbocycles. The van der Waals surface area contributed by atoms with E-state index in [0.717, 1.165) is 5.56 Å². The fraction of sp³-hybridized carbons (Fsp3) is 0.0952. The van der Waals surface area contributed by atoms with E-state index in [1.807, 2.05) is 0 Å². The van der Waals surface area contributed by atoms with Crippen LogP contribution >= 0.6 is 0 Å². The summed E-state index contributed by atoms with van der Waals surface area (Å²) in [7, 11) is 0. The Balaban J connectivity index is 1.65. The summed E-state index contributed by atoms with van der Waals surface area (Å²) < 4.78 is 0. The summed E-state index contributed by atoms with van der Waals surface area (Å²) in [6, 6.07) is 13.1. The van der Waals surface area contributed by atoms with Crippen molar-refractivity contribution in [2.24, 2.45) is 0 Å². The van der Waals surface area contributed by atoms with Crippen LogP contribution in [0.3, 0.4) is 0 Å². The Morgan fingerprint density at radius 2 is 1.57 bits per heavy atom. The van der Waals surface area contributed by atoms with E-state index in [1.54, 1.807) is 48.8 Å². The fourth-order valence-corrected chi connectivity index (χ4v) is 2.46. The molecule has 0 aliphatic rings. The minimum absolute atomic E-state index is 0.0468. The van der Waals surface area contributed by atoms with Crippen molar-refractivity contribution in [2.45, 2.75) is 13.5 Å². The number of carbonyl (C=O) groups is 3. The normalized spacial score (nSPS) is 10.2. The number of carbonyl (C=O) groups excluding carboxylic acids is 3. The van der Waals surface area contributed by atoms with E-state index < -0.39 is 0 Å². The molecule has 28 heavy (non-hydrogen) atoms. The summed E-state index contributed by atoms with van der Waals surface area (Å²) in [6.45, 7) is 1.81. The quantitative estimate of drug-likeness (QED) is 0.646. The lowest BCUT2D eigenvalue weighted by atomic mass is 10.1. The second kappa shape index (κ2) is 8.68. The molecule has 2 N–H and O–H groups in total. The average Bonchev–Trinajstić information content (AvgIpc) is 2.73. The van der Waals surface area contributed by atoms with Gasteiger partial charge in [-0.25, -0.2) is 0 Å². The summed E-state index contributed by atoms with van der Waals surface area (Å²) in [4.78, 5) is 44.0. The van der Waals surface area contributed by atoms with Gasteiger partial charge in [0.15, 0.2) is 5.78 Å². The fourth-order valence-electron chi connectivity index (χ4n) is 2.46. The Bertz CT molecular complexity index is 1000. The summed E-state index contributed by atoms with van der Waals surface area (Å²) in [5, 5.41) is 5.49. The highest BCUT2D eigenvalue weighted by atomic mass is 16.2. The maximum atomic E-state index is 12.4. The second-order valence-corrected chi connectivity index (χ2v) is 6.06. The third-order valence-corrected chi connectivity index (χ3v) is 4.01. The molecular formula is C21H18N4O3. The van der Waals surface area contributed by atoms with Crippen LogP contribution in [-0.4, -0.2) is 27.6 Å². The highest BCUT2D eigenvalue weighted by molar-refractivity contribution is 6.06. The minimum atomic E-state index is -0.378. The van der Waals surface area contributed by atoms with Crippen LogP contribution in [0.15, 0.2) is 67.1 Å². The van der Waals surface area contributed by atoms with Crippen molar-refractivity contribution >= 4 is 23.3 Å². The monoisotopic (exact) mass is 374 g/mol. The number of hydrogen-bond acceptors (Lipinski definition) is 5. The Morgan fingerprint density at radius 3 is 2.25 bits per heavy atom. The number of ketones is 1. The highest BCUT2D eigenvalue weighted by Gasteiger charge is 2.12.